The molecule has 4 rings (SSSR count). The molecule has 0 spiro atoms. The van der Waals surface area contributed by atoms with Gasteiger partial charge in [0.15, 0.2) is 0 Å². The normalized spacial score (nSPS) is 15.5. The quantitative estimate of drug-likeness (QED) is 0.256. The summed E-state index contributed by atoms with van der Waals surface area (Å²) in [5, 5.41) is 8.54. The predicted octanol–water partition coefficient (Wildman–Crippen LogP) is 2.60. The van der Waals surface area contributed by atoms with Gasteiger partial charge in [0.25, 0.3) is 15.9 Å². The van der Waals surface area contributed by atoms with Crippen LogP contribution in [-0.4, -0.2) is 79.7 Å². The van der Waals surface area contributed by atoms with Crippen molar-refractivity contribution >= 4 is 33.3 Å². The second kappa shape index (κ2) is 11.2. The van der Waals surface area contributed by atoms with E-state index < -0.39 is 15.9 Å². The van der Waals surface area contributed by atoms with Gasteiger partial charge >= 0.3 is 0 Å². The third-order valence-electron chi connectivity index (χ3n) is 5.75. The fourth-order valence-corrected chi connectivity index (χ4v) is 6.27. The molecule has 3 aromatic rings. The van der Waals surface area contributed by atoms with Crippen molar-refractivity contribution in [1.82, 2.24) is 19.3 Å². The van der Waals surface area contributed by atoms with Crippen molar-refractivity contribution in [1.29, 1.82) is 0 Å². The van der Waals surface area contributed by atoms with Crippen molar-refractivity contribution < 1.29 is 23.2 Å². The first-order valence-electron chi connectivity index (χ1n) is 11.1. The number of carbonyl (C=O) groups is 1. The number of hydroxylamine groups is 1. The van der Waals surface area contributed by atoms with E-state index in [1.807, 2.05) is 24.3 Å². The van der Waals surface area contributed by atoms with Crippen LogP contribution < -0.4 is 10.2 Å². The third kappa shape index (κ3) is 6.38. The second-order valence-electron chi connectivity index (χ2n) is 8.23. The zero-order valence-corrected chi connectivity index (χ0v) is 21.0. The fraction of sp³-hybridized carbons (Fsp3) is 0.292. The molecule has 35 heavy (non-hydrogen) atoms. The third-order valence-corrected chi connectivity index (χ3v) is 8.99. The average molecular weight is 517 g/mol. The Morgan fingerprint density at radius 2 is 1.86 bits per heavy atom. The number of piperazine rings is 1. The molecular formula is C24H28N4O5S2. The van der Waals surface area contributed by atoms with Gasteiger partial charge in [0, 0.05) is 56.1 Å². The molecule has 11 heteroatoms. The smallest absolute Gasteiger partial charge is 0.277 e. The zero-order chi connectivity index (χ0) is 24.8. The Hall–Kier alpha value is -2.96. The van der Waals surface area contributed by atoms with Gasteiger partial charge in [-0.15, -0.1) is 11.3 Å². The molecule has 1 amide bonds. The summed E-state index contributed by atoms with van der Waals surface area (Å²) in [6.07, 6.45) is 5.34. The number of thiophene rings is 1. The molecule has 0 saturated carbocycles. The second-order valence-corrected chi connectivity index (χ2v) is 11.4. The van der Waals surface area contributed by atoms with Gasteiger partial charge in [0.1, 0.15) is 16.6 Å². The summed E-state index contributed by atoms with van der Waals surface area (Å²) in [4.78, 5) is 16.7. The number of amides is 1. The van der Waals surface area contributed by atoms with Crippen LogP contribution in [0.15, 0.2) is 65.1 Å². The Morgan fingerprint density at radius 1 is 1.11 bits per heavy atom. The van der Waals surface area contributed by atoms with Crippen LogP contribution in [-0.2, 0) is 14.8 Å². The minimum absolute atomic E-state index is 0.208. The van der Waals surface area contributed by atoms with E-state index >= 15 is 0 Å². The molecule has 1 fully saturated rings. The molecule has 1 aliphatic rings. The van der Waals surface area contributed by atoms with Crippen LogP contribution in [0.4, 0.5) is 0 Å². The van der Waals surface area contributed by atoms with E-state index in [-0.39, 0.29) is 4.21 Å². The molecule has 1 aromatic carbocycles. The number of rotatable bonds is 9. The number of benzene rings is 1. The van der Waals surface area contributed by atoms with Crippen LogP contribution in [0.25, 0.3) is 16.5 Å². The first kappa shape index (κ1) is 25.1. The zero-order valence-electron chi connectivity index (χ0n) is 19.3. The van der Waals surface area contributed by atoms with Crippen molar-refractivity contribution in [3.63, 3.8) is 0 Å². The number of nitrogens with one attached hydrogen (secondary N) is 1. The van der Waals surface area contributed by atoms with E-state index in [0.717, 1.165) is 59.0 Å². The number of carbonyl (C=O) groups excluding carboxylic acids is 1. The number of nitrogens with zero attached hydrogens (tertiary/aromatic N) is 3. The number of hydrogen-bond donors (Lipinski definition) is 2. The lowest BCUT2D eigenvalue weighted by Crippen LogP contribution is -2.45. The molecule has 186 valence electrons. The molecule has 9 nitrogen and oxygen atoms in total. The summed E-state index contributed by atoms with van der Waals surface area (Å²) < 4.78 is 33.2. The summed E-state index contributed by atoms with van der Waals surface area (Å²) in [7, 11) is -1.63. The summed E-state index contributed by atoms with van der Waals surface area (Å²) in [6, 6.07) is 12.6. The lowest BCUT2D eigenvalue weighted by atomic mass is 10.2. The molecule has 0 radical (unpaired) electrons. The van der Waals surface area contributed by atoms with Crippen molar-refractivity contribution in [2.75, 3.05) is 46.4 Å². The molecule has 3 heterocycles. The molecular weight excluding hydrogens is 488 g/mol. The first-order chi connectivity index (χ1) is 16.8. The van der Waals surface area contributed by atoms with Gasteiger partial charge in [-0.05, 0) is 66.7 Å². The number of hydrogen-bond acceptors (Lipinski definition) is 8. The molecule has 1 saturated heterocycles. The molecule has 2 aromatic heterocycles. The summed E-state index contributed by atoms with van der Waals surface area (Å²) in [5.41, 5.74) is 2.91. The van der Waals surface area contributed by atoms with Gasteiger partial charge in [0.2, 0.25) is 0 Å². The number of aromatic nitrogens is 1. The van der Waals surface area contributed by atoms with E-state index in [4.69, 9.17) is 9.94 Å². The maximum atomic E-state index is 13.0. The Bertz CT molecular complexity index is 1270. The minimum Gasteiger partial charge on any atom is -0.492 e. The maximum absolute atomic E-state index is 13.0. The van der Waals surface area contributed by atoms with Crippen molar-refractivity contribution in [3.8, 4) is 16.2 Å². The van der Waals surface area contributed by atoms with E-state index in [2.05, 4.69) is 16.8 Å². The Kier molecular flexibility index (Phi) is 8.04. The average Bonchev–Trinajstić information content (AvgIpc) is 3.55. The van der Waals surface area contributed by atoms with E-state index in [0.29, 0.717) is 12.2 Å². The Morgan fingerprint density at radius 3 is 2.57 bits per heavy atom. The van der Waals surface area contributed by atoms with Gasteiger partial charge < -0.3 is 9.64 Å². The largest absolute Gasteiger partial charge is 0.492 e. The van der Waals surface area contributed by atoms with Crippen LogP contribution >= 0.6 is 11.3 Å². The molecule has 0 atom stereocenters. The van der Waals surface area contributed by atoms with Gasteiger partial charge in [-0.3, -0.25) is 14.9 Å². The van der Waals surface area contributed by atoms with Gasteiger partial charge in [-0.25, -0.2) is 9.45 Å². The summed E-state index contributed by atoms with van der Waals surface area (Å²) in [6.45, 7) is 5.81. The monoisotopic (exact) mass is 516 g/mol. The first-order valence-corrected chi connectivity index (χ1v) is 13.4. The van der Waals surface area contributed by atoms with Crippen LogP contribution in [0, 0.1) is 0 Å². The minimum atomic E-state index is -3.76. The van der Waals surface area contributed by atoms with Crippen molar-refractivity contribution in [2.24, 2.45) is 0 Å². The van der Waals surface area contributed by atoms with Crippen LogP contribution in [0.3, 0.4) is 0 Å². The lowest BCUT2D eigenvalue weighted by Gasteiger charge is -2.32. The Labute approximate surface area is 208 Å². The van der Waals surface area contributed by atoms with Crippen LogP contribution in [0.1, 0.15) is 5.56 Å². The predicted molar refractivity (Wildman–Crippen MR) is 135 cm³/mol. The number of likely N-dealkylation sites (N-methyl/N-ethyl adjacent to an activating group) is 1. The lowest BCUT2D eigenvalue weighted by molar-refractivity contribution is -0.124. The van der Waals surface area contributed by atoms with Gasteiger partial charge in [-0.2, -0.15) is 8.42 Å². The maximum Gasteiger partial charge on any atom is 0.277 e. The van der Waals surface area contributed by atoms with E-state index in [1.165, 1.54) is 35.3 Å². The van der Waals surface area contributed by atoms with Gasteiger partial charge in [0.05, 0.1) is 0 Å². The highest BCUT2D eigenvalue weighted by Gasteiger charge is 2.20. The highest BCUT2D eigenvalue weighted by molar-refractivity contribution is 7.92. The van der Waals surface area contributed by atoms with Crippen LogP contribution in [0.2, 0.25) is 0 Å². The molecule has 0 bridgehead atoms. The Balaban J connectivity index is 1.37. The molecule has 2 N–H and O–H groups in total. The van der Waals surface area contributed by atoms with Gasteiger partial charge in [-0.1, -0.05) is 0 Å². The van der Waals surface area contributed by atoms with Crippen molar-refractivity contribution in [3.05, 3.63) is 66.5 Å². The SMILES string of the molecule is CN1CCN(CCOc2ccc(-c3ccc(S(=O)(=O)n4ccc(/C=C/C(=O)NO)c4)s3)cc2)CC1. The molecule has 0 aliphatic carbocycles. The topological polar surface area (TPSA) is 104 Å². The van der Waals surface area contributed by atoms with E-state index in [9.17, 15) is 13.2 Å². The molecule has 1 aliphatic heterocycles. The highest BCUT2D eigenvalue weighted by Crippen LogP contribution is 2.33. The summed E-state index contributed by atoms with van der Waals surface area (Å²) >= 11 is 1.19. The summed E-state index contributed by atoms with van der Waals surface area (Å²) in [5.74, 6) is 0.0880. The van der Waals surface area contributed by atoms with Crippen LogP contribution in [0.5, 0.6) is 5.75 Å². The standard InChI is InChI=1S/C24H28N4O5S2/c1-26-12-14-27(15-13-26)16-17-33-21-5-3-20(4-6-21)22-7-9-24(34-22)35(31,32)28-11-10-19(18-28)2-8-23(29)25-30/h2-11,18,30H,12-17H2,1H3,(H,25,29)/b8-2+. The fourth-order valence-electron chi connectivity index (χ4n) is 3.65. The van der Waals surface area contributed by atoms with E-state index in [1.54, 1.807) is 18.2 Å². The van der Waals surface area contributed by atoms with Crippen molar-refractivity contribution in [2.45, 2.75) is 4.21 Å². The number of ether oxygens (including phenoxy) is 1. The highest BCUT2D eigenvalue weighted by atomic mass is 32.2. The molecule has 0 unspecified atom stereocenters.